The highest BCUT2D eigenvalue weighted by molar-refractivity contribution is 14.1. The van der Waals surface area contributed by atoms with E-state index in [1.54, 1.807) is 0 Å². The summed E-state index contributed by atoms with van der Waals surface area (Å²) in [6.07, 6.45) is 0. The summed E-state index contributed by atoms with van der Waals surface area (Å²) < 4.78 is 8.60. The van der Waals surface area contributed by atoms with E-state index < -0.39 is 8.32 Å². The van der Waals surface area contributed by atoms with Crippen LogP contribution < -0.4 is 0 Å². The molecule has 0 heterocycles. The second-order valence-corrected chi connectivity index (χ2v) is 12.7. The topological polar surface area (TPSA) is 9.23 Å². The molecular formula is C13H20BrIOSi. The van der Waals surface area contributed by atoms with E-state index in [1.165, 1.54) is 9.13 Å². The number of hydrogen-bond acceptors (Lipinski definition) is 1. The van der Waals surface area contributed by atoms with Gasteiger partial charge in [0.2, 0.25) is 0 Å². The predicted octanol–water partition coefficient (Wildman–Crippen LogP) is 5.58. The summed E-state index contributed by atoms with van der Waals surface area (Å²) in [6, 6.07) is 6.34. The molecule has 0 saturated carbocycles. The van der Waals surface area contributed by atoms with E-state index in [4.69, 9.17) is 4.43 Å². The highest BCUT2D eigenvalue weighted by Crippen LogP contribution is 2.37. The van der Waals surface area contributed by atoms with Crippen LogP contribution in [0.1, 0.15) is 26.3 Å². The number of benzene rings is 1. The van der Waals surface area contributed by atoms with E-state index >= 15 is 0 Å². The minimum Gasteiger partial charge on any atom is -0.413 e. The smallest absolute Gasteiger partial charge is 0.192 e. The van der Waals surface area contributed by atoms with E-state index in [0.29, 0.717) is 0 Å². The van der Waals surface area contributed by atoms with Crippen LogP contribution in [0.3, 0.4) is 0 Å². The molecule has 1 rings (SSSR count). The third-order valence-electron chi connectivity index (χ3n) is 3.41. The molecule has 4 heteroatoms. The molecule has 0 N–H and O–H groups in total. The molecule has 1 nitrogen and oxygen atoms in total. The number of halogens is 2. The van der Waals surface area contributed by atoms with Crippen LogP contribution >= 0.6 is 38.5 Å². The maximum absolute atomic E-state index is 6.22. The van der Waals surface area contributed by atoms with E-state index in [2.05, 4.69) is 90.6 Å². The molecule has 0 saturated heterocycles. The highest BCUT2D eigenvalue weighted by atomic mass is 127. The number of rotatable bonds is 3. The molecule has 96 valence electrons. The zero-order valence-corrected chi connectivity index (χ0v) is 15.8. The Labute approximate surface area is 128 Å². The highest BCUT2D eigenvalue weighted by Gasteiger charge is 2.37. The summed E-state index contributed by atoms with van der Waals surface area (Å²) in [5.41, 5.74) is 1.28. The van der Waals surface area contributed by atoms with Gasteiger partial charge in [0, 0.05) is 8.04 Å². The van der Waals surface area contributed by atoms with Gasteiger partial charge < -0.3 is 4.43 Å². The first-order chi connectivity index (χ1) is 7.63. The van der Waals surface area contributed by atoms with E-state index in [0.717, 1.165) is 11.1 Å². The lowest BCUT2D eigenvalue weighted by Crippen LogP contribution is -2.40. The molecule has 0 radical (unpaired) electrons. The third-order valence-corrected chi connectivity index (χ3v) is 9.39. The minimum absolute atomic E-state index is 0.272. The Kier molecular flexibility index (Phi) is 5.26. The molecular weight excluding hydrogens is 407 g/mol. The van der Waals surface area contributed by atoms with Crippen LogP contribution in [-0.2, 0) is 11.0 Å². The lowest BCUT2D eigenvalue weighted by atomic mass is 10.2. The first-order valence-electron chi connectivity index (χ1n) is 5.71. The van der Waals surface area contributed by atoms with Gasteiger partial charge in [-0.25, -0.2) is 0 Å². The Hall–Kier alpha value is 0.607. The molecule has 0 spiro atoms. The van der Waals surface area contributed by atoms with Gasteiger partial charge in [0.1, 0.15) is 0 Å². The van der Waals surface area contributed by atoms with Crippen molar-refractivity contribution in [3.8, 4) is 0 Å². The molecule has 0 fully saturated rings. The van der Waals surface area contributed by atoms with Gasteiger partial charge in [-0.05, 0) is 58.4 Å². The van der Waals surface area contributed by atoms with Crippen LogP contribution in [0.4, 0.5) is 0 Å². The Morgan fingerprint density at radius 3 is 2.35 bits per heavy atom. The molecule has 1 aromatic rings. The Balaban J connectivity index is 2.74. The van der Waals surface area contributed by atoms with Crippen LogP contribution in [0.15, 0.2) is 22.7 Å². The first kappa shape index (κ1) is 15.7. The van der Waals surface area contributed by atoms with Crippen LogP contribution in [0.25, 0.3) is 0 Å². The molecule has 0 amide bonds. The monoisotopic (exact) mass is 426 g/mol. The van der Waals surface area contributed by atoms with Gasteiger partial charge in [-0.1, -0.05) is 42.8 Å². The minimum atomic E-state index is -1.64. The molecule has 0 aliphatic heterocycles. The third kappa shape index (κ3) is 4.33. The maximum atomic E-state index is 6.22. The molecule has 1 aromatic carbocycles. The number of hydrogen-bond donors (Lipinski definition) is 0. The summed E-state index contributed by atoms with van der Waals surface area (Å²) in [6.45, 7) is 12.1. The Morgan fingerprint density at radius 1 is 1.29 bits per heavy atom. The van der Waals surface area contributed by atoms with Crippen molar-refractivity contribution in [3.05, 3.63) is 31.8 Å². The van der Waals surface area contributed by atoms with Crippen LogP contribution in [0.5, 0.6) is 0 Å². The van der Waals surface area contributed by atoms with Crippen molar-refractivity contribution in [2.45, 2.75) is 45.5 Å². The average Bonchev–Trinajstić information content (AvgIpc) is 2.14. The van der Waals surface area contributed by atoms with E-state index in [1.807, 2.05) is 0 Å². The quantitative estimate of drug-likeness (QED) is 0.453. The van der Waals surface area contributed by atoms with Crippen molar-refractivity contribution >= 4 is 46.8 Å². The second-order valence-electron chi connectivity index (χ2n) is 5.78. The first-order valence-corrected chi connectivity index (χ1v) is 10.5. The predicted molar refractivity (Wildman–Crippen MR) is 88.8 cm³/mol. The Bertz CT molecular complexity index is 399. The van der Waals surface area contributed by atoms with E-state index in [9.17, 15) is 0 Å². The van der Waals surface area contributed by atoms with Gasteiger partial charge >= 0.3 is 0 Å². The molecule has 0 aliphatic rings. The van der Waals surface area contributed by atoms with Crippen LogP contribution in [-0.4, -0.2) is 8.32 Å². The summed E-state index contributed by atoms with van der Waals surface area (Å²) in [7, 11) is -1.64. The second kappa shape index (κ2) is 5.71. The summed E-state index contributed by atoms with van der Waals surface area (Å²) in [5, 5.41) is 0.272. The van der Waals surface area contributed by atoms with Gasteiger partial charge in [0.25, 0.3) is 0 Å². The van der Waals surface area contributed by atoms with Crippen LogP contribution in [0, 0.1) is 3.57 Å². The summed E-state index contributed by atoms with van der Waals surface area (Å²) in [5.74, 6) is 0. The molecule has 0 unspecified atom stereocenters. The largest absolute Gasteiger partial charge is 0.413 e. The average molecular weight is 427 g/mol. The van der Waals surface area contributed by atoms with Crippen molar-refractivity contribution in [2.24, 2.45) is 0 Å². The van der Waals surface area contributed by atoms with Crippen molar-refractivity contribution in [2.75, 3.05) is 0 Å². The maximum Gasteiger partial charge on any atom is 0.192 e. The summed E-state index contributed by atoms with van der Waals surface area (Å²) in [4.78, 5) is 0. The molecule has 0 atom stereocenters. The van der Waals surface area contributed by atoms with Gasteiger partial charge in [0.05, 0.1) is 6.61 Å². The normalized spacial score (nSPS) is 12.9. The van der Waals surface area contributed by atoms with Crippen molar-refractivity contribution in [3.63, 3.8) is 0 Å². The molecule has 0 aliphatic carbocycles. The molecule has 0 aromatic heterocycles. The van der Waals surface area contributed by atoms with Gasteiger partial charge in [0.15, 0.2) is 8.32 Å². The summed E-state index contributed by atoms with van der Waals surface area (Å²) >= 11 is 5.85. The van der Waals surface area contributed by atoms with Crippen LogP contribution in [0.2, 0.25) is 18.1 Å². The van der Waals surface area contributed by atoms with Crippen molar-refractivity contribution in [1.29, 1.82) is 0 Å². The fourth-order valence-corrected chi connectivity index (χ4v) is 3.52. The van der Waals surface area contributed by atoms with E-state index in [-0.39, 0.29) is 5.04 Å². The SMILES string of the molecule is CC(C)(C)[Si](C)(C)OCc1ccc(Br)cc1I. The lowest BCUT2D eigenvalue weighted by Gasteiger charge is -2.36. The lowest BCUT2D eigenvalue weighted by molar-refractivity contribution is 0.275. The molecule has 17 heavy (non-hydrogen) atoms. The standard InChI is InChI=1S/C13H20BrIOSi/c1-13(2,3)17(4,5)16-9-10-6-7-11(14)8-12(10)15/h6-8H,9H2,1-5H3. The zero-order valence-electron chi connectivity index (χ0n) is 11.1. The van der Waals surface area contributed by atoms with Gasteiger partial charge in [-0.3, -0.25) is 0 Å². The molecule has 0 bridgehead atoms. The van der Waals surface area contributed by atoms with Gasteiger partial charge in [-0.15, -0.1) is 0 Å². The van der Waals surface area contributed by atoms with Gasteiger partial charge in [-0.2, -0.15) is 0 Å². The van der Waals surface area contributed by atoms with Crippen molar-refractivity contribution in [1.82, 2.24) is 0 Å². The fourth-order valence-electron chi connectivity index (χ4n) is 1.11. The fraction of sp³-hybridized carbons (Fsp3) is 0.538. The Morgan fingerprint density at radius 2 is 1.88 bits per heavy atom. The zero-order chi connectivity index (χ0) is 13.3. The van der Waals surface area contributed by atoms with Crippen molar-refractivity contribution < 1.29 is 4.43 Å².